The maximum atomic E-state index is 13.3. The van der Waals surface area contributed by atoms with E-state index in [4.69, 9.17) is 14.7 Å². The number of hydrogen-bond acceptors (Lipinski definition) is 6. The first kappa shape index (κ1) is 22.8. The van der Waals surface area contributed by atoms with E-state index in [0.29, 0.717) is 25.5 Å². The van der Waals surface area contributed by atoms with E-state index in [1.807, 2.05) is 30.3 Å². The first-order valence-electron chi connectivity index (χ1n) is 13.0. The van der Waals surface area contributed by atoms with Gasteiger partial charge in [-0.3, -0.25) is 4.79 Å². The summed E-state index contributed by atoms with van der Waals surface area (Å²) in [6.07, 6.45) is 7.36. The summed E-state index contributed by atoms with van der Waals surface area (Å²) in [5, 5.41) is 7.84. The van der Waals surface area contributed by atoms with E-state index in [-0.39, 0.29) is 11.3 Å². The van der Waals surface area contributed by atoms with Crippen molar-refractivity contribution in [2.75, 3.05) is 18.4 Å². The van der Waals surface area contributed by atoms with Gasteiger partial charge in [-0.05, 0) is 87.8 Å². The topological polar surface area (TPSA) is 76.1 Å². The highest BCUT2D eigenvalue weighted by Gasteiger charge is 2.54. The van der Waals surface area contributed by atoms with Crippen LogP contribution in [0.2, 0.25) is 0 Å². The summed E-state index contributed by atoms with van der Waals surface area (Å²) in [5.41, 5.74) is 1.11. The normalized spacial score (nSPS) is 26.7. The number of aryl methyl sites for hydroxylation is 2. The first-order chi connectivity index (χ1) is 17.0. The van der Waals surface area contributed by atoms with Crippen molar-refractivity contribution in [2.45, 2.75) is 59.0 Å². The number of aromatic nitrogens is 2. The number of nitrogens with one attached hydrogen (secondary N) is 2. The average Bonchev–Trinajstić information content (AvgIpc) is 3.13. The van der Waals surface area contributed by atoms with Crippen molar-refractivity contribution in [2.24, 2.45) is 23.2 Å². The molecule has 4 fully saturated rings. The van der Waals surface area contributed by atoms with Crippen LogP contribution in [-0.4, -0.2) is 29.0 Å². The Labute approximate surface area is 210 Å². The Morgan fingerprint density at radius 2 is 1.71 bits per heavy atom. The molecular formula is C28H34N4O2S. The monoisotopic (exact) mass is 490 g/mol. The van der Waals surface area contributed by atoms with Crippen LogP contribution in [0.4, 0.5) is 5.82 Å². The predicted molar refractivity (Wildman–Crippen MR) is 140 cm³/mol. The maximum Gasteiger partial charge on any atom is 0.226 e. The van der Waals surface area contributed by atoms with Crippen molar-refractivity contribution in [3.63, 3.8) is 0 Å². The van der Waals surface area contributed by atoms with Crippen molar-refractivity contribution >= 4 is 33.3 Å². The average molecular weight is 491 g/mol. The largest absolute Gasteiger partial charge is 0.486 e. The van der Waals surface area contributed by atoms with E-state index in [0.717, 1.165) is 58.8 Å². The molecule has 6 nitrogen and oxygen atoms in total. The van der Waals surface area contributed by atoms with Gasteiger partial charge in [0.05, 0.1) is 5.39 Å². The van der Waals surface area contributed by atoms with Crippen LogP contribution >= 0.6 is 11.3 Å². The minimum Gasteiger partial charge on any atom is -0.486 e. The molecule has 35 heavy (non-hydrogen) atoms. The summed E-state index contributed by atoms with van der Waals surface area (Å²) in [4.78, 5) is 25.1. The number of thiophene rings is 1. The summed E-state index contributed by atoms with van der Waals surface area (Å²) in [6.45, 7) is 5.80. The third-order valence-electron chi connectivity index (χ3n) is 8.41. The fraction of sp³-hybridized carbons (Fsp3) is 0.536. The Morgan fingerprint density at radius 3 is 2.40 bits per heavy atom. The van der Waals surface area contributed by atoms with Crippen LogP contribution in [0.1, 0.15) is 54.8 Å². The predicted octanol–water partition coefficient (Wildman–Crippen LogP) is 5.63. The van der Waals surface area contributed by atoms with Gasteiger partial charge in [0.2, 0.25) is 5.91 Å². The van der Waals surface area contributed by atoms with E-state index < -0.39 is 0 Å². The van der Waals surface area contributed by atoms with Gasteiger partial charge in [-0.1, -0.05) is 18.2 Å². The third kappa shape index (κ3) is 4.39. The van der Waals surface area contributed by atoms with Gasteiger partial charge >= 0.3 is 0 Å². The van der Waals surface area contributed by atoms with E-state index in [2.05, 4.69) is 24.5 Å². The van der Waals surface area contributed by atoms with Crippen molar-refractivity contribution in [1.82, 2.24) is 15.3 Å². The lowest BCUT2D eigenvalue weighted by atomic mass is 9.49. The highest BCUT2D eigenvalue weighted by atomic mass is 32.1. The van der Waals surface area contributed by atoms with Gasteiger partial charge in [-0.2, -0.15) is 0 Å². The summed E-state index contributed by atoms with van der Waals surface area (Å²) in [6, 6.07) is 9.75. The quantitative estimate of drug-likeness (QED) is 0.400. The molecule has 0 unspecified atom stereocenters. The van der Waals surface area contributed by atoms with Crippen molar-refractivity contribution in [1.29, 1.82) is 0 Å². The van der Waals surface area contributed by atoms with Crippen LogP contribution in [0.5, 0.6) is 5.75 Å². The highest BCUT2D eigenvalue weighted by molar-refractivity contribution is 7.18. The van der Waals surface area contributed by atoms with Crippen molar-refractivity contribution in [3.8, 4) is 5.75 Å². The van der Waals surface area contributed by atoms with E-state index in [9.17, 15) is 4.79 Å². The van der Waals surface area contributed by atoms with Crippen LogP contribution < -0.4 is 15.4 Å². The van der Waals surface area contributed by atoms with Gasteiger partial charge < -0.3 is 15.4 Å². The Kier molecular flexibility index (Phi) is 5.91. The van der Waals surface area contributed by atoms with Crippen molar-refractivity contribution < 1.29 is 9.53 Å². The molecule has 184 valence electrons. The maximum absolute atomic E-state index is 13.3. The second-order valence-electron chi connectivity index (χ2n) is 10.9. The lowest BCUT2D eigenvalue weighted by molar-refractivity contribution is -0.146. The highest BCUT2D eigenvalue weighted by Crippen LogP contribution is 2.60. The minimum absolute atomic E-state index is 0.0973. The number of nitrogens with zero attached hydrogens (tertiary/aromatic N) is 2. The molecule has 0 spiro atoms. The number of anilines is 1. The molecule has 2 aromatic heterocycles. The van der Waals surface area contributed by atoms with Crippen LogP contribution in [0.15, 0.2) is 30.3 Å². The lowest BCUT2D eigenvalue weighted by Crippen LogP contribution is -2.54. The van der Waals surface area contributed by atoms with Gasteiger partial charge in [0.25, 0.3) is 0 Å². The zero-order valence-electron chi connectivity index (χ0n) is 20.6. The van der Waals surface area contributed by atoms with Crippen molar-refractivity contribution in [3.05, 3.63) is 46.6 Å². The molecule has 4 saturated carbocycles. The number of ether oxygens (including phenoxy) is 1. The van der Waals surface area contributed by atoms with E-state index >= 15 is 0 Å². The molecule has 4 bridgehead atoms. The van der Waals surface area contributed by atoms with Gasteiger partial charge in [0.15, 0.2) is 5.82 Å². The molecule has 0 aliphatic heterocycles. The summed E-state index contributed by atoms with van der Waals surface area (Å²) < 4.78 is 5.90. The number of fused-ring (bicyclic) bond motifs is 1. The number of rotatable bonds is 8. The first-order valence-corrected chi connectivity index (χ1v) is 13.8. The molecule has 3 aromatic rings. The molecule has 7 heteroatoms. The molecular weight excluding hydrogens is 456 g/mol. The van der Waals surface area contributed by atoms with Crippen LogP contribution in [0.3, 0.4) is 0 Å². The third-order valence-corrected chi connectivity index (χ3v) is 9.51. The molecule has 2 N–H and O–H groups in total. The molecule has 2 heterocycles. The second-order valence-corrected chi connectivity index (χ2v) is 12.1. The molecule has 0 radical (unpaired) electrons. The fourth-order valence-corrected chi connectivity index (χ4v) is 8.13. The Hall–Kier alpha value is -2.67. The molecule has 7 rings (SSSR count). The van der Waals surface area contributed by atoms with Gasteiger partial charge in [-0.25, -0.2) is 9.97 Å². The summed E-state index contributed by atoms with van der Waals surface area (Å²) in [5.74, 6) is 4.90. The zero-order valence-corrected chi connectivity index (χ0v) is 21.4. The smallest absolute Gasteiger partial charge is 0.226 e. The van der Waals surface area contributed by atoms with Crippen LogP contribution in [0.25, 0.3) is 10.2 Å². The number of amides is 1. The van der Waals surface area contributed by atoms with E-state index in [1.54, 1.807) is 11.3 Å². The van der Waals surface area contributed by atoms with Gasteiger partial charge in [0, 0.05) is 23.4 Å². The molecule has 4 aliphatic rings. The number of carbonyl (C=O) groups is 1. The van der Waals surface area contributed by atoms with Crippen LogP contribution in [0, 0.1) is 37.0 Å². The summed E-state index contributed by atoms with van der Waals surface area (Å²) >= 11 is 1.69. The number of para-hydroxylation sites is 1. The Balaban J connectivity index is 1.12. The SMILES string of the molecule is Cc1sc2nc(COc3ccccc3)nc(NCCNC(=O)C34CC5CC(CC(C5)C3)C4)c2c1C. The molecule has 4 aliphatic carbocycles. The van der Waals surface area contributed by atoms with Gasteiger partial charge in [0.1, 0.15) is 23.0 Å². The molecule has 0 atom stereocenters. The number of benzene rings is 1. The number of hydrogen-bond donors (Lipinski definition) is 2. The summed E-state index contributed by atoms with van der Waals surface area (Å²) in [7, 11) is 0. The molecule has 0 saturated heterocycles. The molecule has 1 amide bonds. The number of carbonyl (C=O) groups excluding carboxylic acids is 1. The minimum atomic E-state index is -0.0973. The Morgan fingerprint density at radius 1 is 1.03 bits per heavy atom. The fourth-order valence-electron chi connectivity index (χ4n) is 7.08. The molecule has 1 aromatic carbocycles. The standard InChI is InChI=1S/C28H34N4O2S/c1-17-18(2)35-26-24(17)25(31-23(32-26)16-34-22-6-4-3-5-7-22)29-8-9-30-27(33)28-13-19-10-20(14-28)12-21(11-19)15-28/h3-7,19-21H,8-16H2,1-2H3,(H,30,33)(H,29,31,32). The second kappa shape index (κ2) is 9.08. The zero-order chi connectivity index (χ0) is 24.0. The van der Waals surface area contributed by atoms with Gasteiger partial charge in [-0.15, -0.1) is 11.3 Å². The lowest BCUT2D eigenvalue weighted by Gasteiger charge is -2.55. The van der Waals surface area contributed by atoms with E-state index in [1.165, 1.54) is 29.7 Å². The van der Waals surface area contributed by atoms with Crippen LogP contribution in [-0.2, 0) is 11.4 Å². The Bertz CT molecular complexity index is 1200.